The molecule has 94 valence electrons. The largest absolute Gasteiger partial charge is 0.383 e. The van der Waals surface area contributed by atoms with Crippen molar-refractivity contribution >= 4 is 0 Å². The standard InChI is InChI=1S/C14H20FNO/c1-11-7-13(9-14(15)8-11)12-3-4-16(10-12)5-6-17-2/h7-9,12H,3-6,10H2,1-2H3. The van der Waals surface area contributed by atoms with Crippen LogP contribution in [0.15, 0.2) is 18.2 Å². The van der Waals surface area contributed by atoms with Crippen LogP contribution in [-0.4, -0.2) is 38.3 Å². The van der Waals surface area contributed by atoms with Crippen LogP contribution in [0, 0.1) is 12.7 Å². The van der Waals surface area contributed by atoms with E-state index >= 15 is 0 Å². The molecular formula is C14H20FNO. The third-order valence-electron chi connectivity index (χ3n) is 3.42. The number of benzene rings is 1. The molecule has 3 heteroatoms. The molecule has 1 atom stereocenters. The van der Waals surface area contributed by atoms with Crippen LogP contribution < -0.4 is 0 Å². The molecular weight excluding hydrogens is 217 g/mol. The van der Waals surface area contributed by atoms with Crippen molar-refractivity contribution in [2.45, 2.75) is 19.3 Å². The molecule has 1 aromatic rings. The van der Waals surface area contributed by atoms with Gasteiger partial charge in [0.25, 0.3) is 0 Å². The van der Waals surface area contributed by atoms with E-state index in [9.17, 15) is 4.39 Å². The average molecular weight is 237 g/mol. The van der Waals surface area contributed by atoms with E-state index in [-0.39, 0.29) is 5.82 Å². The average Bonchev–Trinajstić information content (AvgIpc) is 2.73. The van der Waals surface area contributed by atoms with Gasteiger partial charge >= 0.3 is 0 Å². The molecule has 0 aliphatic carbocycles. The van der Waals surface area contributed by atoms with Gasteiger partial charge in [-0.15, -0.1) is 0 Å². The zero-order chi connectivity index (χ0) is 12.3. The quantitative estimate of drug-likeness (QED) is 0.798. The van der Waals surface area contributed by atoms with Crippen molar-refractivity contribution in [3.05, 3.63) is 35.1 Å². The first-order chi connectivity index (χ1) is 8.19. The topological polar surface area (TPSA) is 12.5 Å². The number of rotatable bonds is 4. The summed E-state index contributed by atoms with van der Waals surface area (Å²) in [5.74, 6) is 0.358. The van der Waals surface area contributed by atoms with Gasteiger partial charge in [-0.25, -0.2) is 4.39 Å². The molecule has 0 amide bonds. The van der Waals surface area contributed by atoms with Crippen LogP contribution in [0.3, 0.4) is 0 Å². The van der Waals surface area contributed by atoms with E-state index in [0.29, 0.717) is 5.92 Å². The maximum atomic E-state index is 13.3. The molecule has 0 aromatic heterocycles. The summed E-state index contributed by atoms with van der Waals surface area (Å²) in [7, 11) is 1.73. The van der Waals surface area contributed by atoms with Gasteiger partial charge in [0.1, 0.15) is 5.82 Å². The fourth-order valence-corrected chi connectivity index (χ4v) is 2.53. The molecule has 17 heavy (non-hydrogen) atoms. The Labute approximate surface area is 102 Å². The first kappa shape index (κ1) is 12.5. The van der Waals surface area contributed by atoms with Gasteiger partial charge in [-0.05, 0) is 49.1 Å². The number of hydrogen-bond acceptors (Lipinski definition) is 2. The molecule has 1 unspecified atom stereocenters. The smallest absolute Gasteiger partial charge is 0.123 e. The van der Waals surface area contributed by atoms with Crippen LogP contribution in [0.1, 0.15) is 23.5 Å². The maximum Gasteiger partial charge on any atom is 0.123 e. The fraction of sp³-hybridized carbons (Fsp3) is 0.571. The lowest BCUT2D eigenvalue weighted by Crippen LogP contribution is -2.24. The summed E-state index contributed by atoms with van der Waals surface area (Å²) < 4.78 is 18.4. The Balaban J connectivity index is 1.99. The third kappa shape index (κ3) is 3.27. The summed E-state index contributed by atoms with van der Waals surface area (Å²) in [6.07, 6.45) is 1.12. The molecule has 1 heterocycles. The van der Waals surface area contributed by atoms with E-state index in [1.165, 1.54) is 0 Å². The summed E-state index contributed by atoms with van der Waals surface area (Å²) in [5, 5.41) is 0. The number of methoxy groups -OCH3 is 1. The van der Waals surface area contributed by atoms with Crippen LogP contribution in [-0.2, 0) is 4.74 Å². The summed E-state index contributed by atoms with van der Waals surface area (Å²) in [5.41, 5.74) is 2.15. The van der Waals surface area contributed by atoms with Gasteiger partial charge in [-0.1, -0.05) is 6.07 Å². The second-order valence-electron chi connectivity index (χ2n) is 4.84. The van der Waals surface area contributed by atoms with Crippen molar-refractivity contribution in [3.8, 4) is 0 Å². The molecule has 2 nitrogen and oxygen atoms in total. The molecule has 1 aliphatic rings. The zero-order valence-electron chi connectivity index (χ0n) is 10.6. The Hall–Kier alpha value is -0.930. The van der Waals surface area contributed by atoms with Crippen molar-refractivity contribution < 1.29 is 9.13 Å². The van der Waals surface area contributed by atoms with Crippen LogP contribution >= 0.6 is 0 Å². The van der Waals surface area contributed by atoms with E-state index < -0.39 is 0 Å². The molecule has 0 N–H and O–H groups in total. The Morgan fingerprint density at radius 1 is 1.41 bits per heavy atom. The lowest BCUT2D eigenvalue weighted by molar-refractivity contribution is 0.160. The van der Waals surface area contributed by atoms with Crippen molar-refractivity contribution in [2.24, 2.45) is 0 Å². The first-order valence-corrected chi connectivity index (χ1v) is 6.17. The maximum absolute atomic E-state index is 13.3. The van der Waals surface area contributed by atoms with E-state index in [1.807, 2.05) is 6.92 Å². The lowest BCUT2D eigenvalue weighted by atomic mass is 9.97. The first-order valence-electron chi connectivity index (χ1n) is 6.17. The van der Waals surface area contributed by atoms with Gasteiger partial charge in [-0.2, -0.15) is 0 Å². The monoisotopic (exact) mass is 237 g/mol. The van der Waals surface area contributed by atoms with Crippen LogP contribution in [0.4, 0.5) is 4.39 Å². The van der Waals surface area contributed by atoms with Crippen LogP contribution in [0.2, 0.25) is 0 Å². The second kappa shape index (κ2) is 5.61. The summed E-state index contributed by atoms with van der Waals surface area (Å²) in [6.45, 7) is 5.80. The second-order valence-corrected chi connectivity index (χ2v) is 4.84. The van der Waals surface area contributed by atoms with Crippen LogP contribution in [0.25, 0.3) is 0 Å². The molecule has 1 saturated heterocycles. The number of aryl methyl sites for hydroxylation is 1. The molecule has 0 bridgehead atoms. The molecule has 0 spiro atoms. The van der Waals surface area contributed by atoms with E-state index in [4.69, 9.17) is 4.74 Å². The SMILES string of the molecule is COCCN1CCC(c2cc(C)cc(F)c2)C1. The van der Waals surface area contributed by atoms with Crippen molar-refractivity contribution in [2.75, 3.05) is 33.4 Å². The Kier molecular flexibility index (Phi) is 4.13. The van der Waals surface area contributed by atoms with Gasteiger partial charge in [0.05, 0.1) is 6.61 Å². The van der Waals surface area contributed by atoms with Gasteiger partial charge in [-0.3, -0.25) is 0 Å². The summed E-state index contributed by atoms with van der Waals surface area (Å²) >= 11 is 0. The number of nitrogens with zero attached hydrogens (tertiary/aromatic N) is 1. The van der Waals surface area contributed by atoms with Gasteiger partial charge in [0, 0.05) is 20.2 Å². The number of ether oxygens (including phenoxy) is 1. The van der Waals surface area contributed by atoms with Crippen molar-refractivity contribution in [1.29, 1.82) is 0 Å². The Bertz CT molecular complexity index is 360. The Morgan fingerprint density at radius 2 is 2.24 bits per heavy atom. The number of hydrogen-bond donors (Lipinski definition) is 0. The minimum Gasteiger partial charge on any atom is -0.383 e. The normalized spacial score (nSPS) is 21.0. The highest BCUT2D eigenvalue weighted by Crippen LogP contribution is 2.28. The number of likely N-dealkylation sites (tertiary alicyclic amines) is 1. The van der Waals surface area contributed by atoms with Gasteiger partial charge in [0.2, 0.25) is 0 Å². The highest BCUT2D eigenvalue weighted by molar-refractivity contribution is 5.27. The highest BCUT2D eigenvalue weighted by atomic mass is 19.1. The minimum absolute atomic E-state index is 0.115. The van der Waals surface area contributed by atoms with Gasteiger partial charge in [0.15, 0.2) is 0 Å². The van der Waals surface area contributed by atoms with E-state index in [2.05, 4.69) is 11.0 Å². The predicted molar refractivity (Wildman–Crippen MR) is 66.8 cm³/mol. The van der Waals surface area contributed by atoms with E-state index in [0.717, 1.165) is 43.8 Å². The Morgan fingerprint density at radius 3 is 2.94 bits per heavy atom. The van der Waals surface area contributed by atoms with Gasteiger partial charge < -0.3 is 9.64 Å². The van der Waals surface area contributed by atoms with E-state index in [1.54, 1.807) is 19.2 Å². The number of halogens is 1. The fourth-order valence-electron chi connectivity index (χ4n) is 2.53. The van der Waals surface area contributed by atoms with Crippen molar-refractivity contribution in [1.82, 2.24) is 4.90 Å². The summed E-state index contributed by atoms with van der Waals surface area (Å²) in [4.78, 5) is 2.38. The van der Waals surface area contributed by atoms with Crippen molar-refractivity contribution in [3.63, 3.8) is 0 Å². The minimum atomic E-state index is -0.115. The summed E-state index contributed by atoms with van der Waals surface area (Å²) in [6, 6.07) is 5.37. The zero-order valence-corrected chi connectivity index (χ0v) is 10.6. The molecule has 1 aliphatic heterocycles. The molecule has 1 fully saturated rings. The lowest BCUT2D eigenvalue weighted by Gasteiger charge is -2.15. The molecule has 0 saturated carbocycles. The molecule has 2 rings (SSSR count). The third-order valence-corrected chi connectivity index (χ3v) is 3.42. The molecule has 0 radical (unpaired) electrons. The van der Waals surface area contributed by atoms with Crippen LogP contribution in [0.5, 0.6) is 0 Å². The molecule has 1 aromatic carbocycles. The predicted octanol–water partition coefficient (Wildman–Crippen LogP) is 2.57. The highest BCUT2D eigenvalue weighted by Gasteiger charge is 2.23.